The van der Waals surface area contributed by atoms with Gasteiger partial charge in [-0.25, -0.2) is 12.8 Å². The van der Waals surface area contributed by atoms with Crippen molar-refractivity contribution < 1.29 is 22.4 Å². The SMILES string of the molecule is CC[C@@H](C)NC(=O)[C@@H](Cc1ccccc1)N(Cc1c(Cl)cccc1Cl)C(=O)CN(c1ccccc1F)S(=O)(=O)c1ccccc1. The van der Waals surface area contributed by atoms with Crippen molar-refractivity contribution in [3.63, 3.8) is 0 Å². The van der Waals surface area contributed by atoms with Crippen LogP contribution in [0.4, 0.5) is 10.1 Å². The van der Waals surface area contributed by atoms with Gasteiger partial charge in [-0.1, -0.05) is 96.9 Å². The number of carbonyl (C=O) groups excluding carboxylic acids is 2. The summed E-state index contributed by atoms with van der Waals surface area (Å²) in [6.07, 6.45) is 0.756. The van der Waals surface area contributed by atoms with Gasteiger partial charge in [0.25, 0.3) is 10.0 Å². The molecular weight excluding hydrogens is 636 g/mol. The summed E-state index contributed by atoms with van der Waals surface area (Å²) in [5, 5.41) is 3.49. The highest BCUT2D eigenvalue weighted by Crippen LogP contribution is 2.30. The summed E-state index contributed by atoms with van der Waals surface area (Å²) in [5.74, 6) is -2.03. The zero-order valence-corrected chi connectivity index (χ0v) is 27.2. The summed E-state index contributed by atoms with van der Waals surface area (Å²) in [5.41, 5.74) is 0.841. The van der Waals surface area contributed by atoms with Crippen LogP contribution in [0.25, 0.3) is 0 Å². The molecule has 0 fully saturated rings. The normalized spacial score (nSPS) is 12.6. The van der Waals surface area contributed by atoms with Crippen LogP contribution < -0.4 is 9.62 Å². The molecule has 0 bridgehead atoms. The first-order valence-corrected chi connectivity index (χ1v) is 16.6. The van der Waals surface area contributed by atoms with E-state index in [4.69, 9.17) is 23.2 Å². The first-order valence-electron chi connectivity index (χ1n) is 14.4. The van der Waals surface area contributed by atoms with Crippen molar-refractivity contribution in [2.45, 2.75) is 50.2 Å². The Kier molecular flexibility index (Phi) is 11.6. The Hall–Kier alpha value is -3.92. The molecule has 0 aliphatic heterocycles. The van der Waals surface area contributed by atoms with Crippen molar-refractivity contribution in [1.29, 1.82) is 0 Å². The lowest BCUT2D eigenvalue weighted by Crippen LogP contribution is -2.54. The predicted octanol–water partition coefficient (Wildman–Crippen LogP) is 6.88. The number of hydrogen-bond donors (Lipinski definition) is 1. The fourth-order valence-corrected chi connectivity index (χ4v) is 6.70. The Morgan fingerprint density at radius 1 is 0.844 bits per heavy atom. The van der Waals surface area contributed by atoms with Crippen LogP contribution in [0.5, 0.6) is 0 Å². The molecule has 236 valence electrons. The molecule has 0 aliphatic carbocycles. The van der Waals surface area contributed by atoms with E-state index < -0.39 is 40.2 Å². The third-order valence-electron chi connectivity index (χ3n) is 7.39. The van der Waals surface area contributed by atoms with Gasteiger partial charge in [-0.05, 0) is 55.3 Å². The number of hydrogen-bond acceptors (Lipinski definition) is 4. The standard InChI is InChI=1S/C34H34Cl2FN3O4S/c1-3-24(2)38-34(42)32(21-25-13-6-4-7-14-25)39(22-27-28(35)17-12-18-29(27)36)33(41)23-40(31-20-11-10-19-30(31)37)45(43,44)26-15-8-5-9-16-26/h4-20,24,32H,3,21-23H2,1-2H3,(H,38,42)/t24-,32-/m1/s1. The first kappa shape index (κ1) is 34.0. The van der Waals surface area contributed by atoms with Gasteiger partial charge < -0.3 is 10.2 Å². The van der Waals surface area contributed by atoms with Crippen LogP contribution in [0.3, 0.4) is 0 Å². The van der Waals surface area contributed by atoms with Crippen LogP contribution in [-0.2, 0) is 32.6 Å². The predicted molar refractivity (Wildman–Crippen MR) is 176 cm³/mol. The average Bonchev–Trinajstić information content (AvgIpc) is 3.03. The number of benzene rings is 4. The van der Waals surface area contributed by atoms with E-state index >= 15 is 4.39 Å². The maximum Gasteiger partial charge on any atom is 0.264 e. The van der Waals surface area contributed by atoms with E-state index in [0.717, 1.165) is 15.9 Å². The third kappa shape index (κ3) is 8.42. The summed E-state index contributed by atoms with van der Waals surface area (Å²) < 4.78 is 43.9. The molecule has 0 saturated carbocycles. The topological polar surface area (TPSA) is 86.8 Å². The lowest BCUT2D eigenvalue weighted by atomic mass is 10.0. The minimum atomic E-state index is -4.43. The molecule has 4 aromatic carbocycles. The molecule has 2 atom stereocenters. The average molecular weight is 671 g/mol. The summed E-state index contributed by atoms with van der Waals surface area (Å²) in [4.78, 5) is 29.5. The number of nitrogens with one attached hydrogen (secondary N) is 1. The Labute approximate surface area is 273 Å². The van der Waals surface area contributed by atoms with Crippen LogP contribution in [0.15, 0.2) is 108 Å². The zero-order valence-electron chi connectivity index (χ0n) is 24.9. The lowest BCUT2D eigenvalue weighted by Gasteiger charge is -2.34. The maximum atomic E-state index is 15.2. The van der Waals surface area contributed by atoms with Crippen LogP contribution in [0.1, 0.15) is 31.4 Å². The monoisotopic (exact) mass is 669 g/mol. The number of carbonyl (C=O) groups is 2. The molecular formula is C34H34Cl2FN3O4S. The van der Waals surface area contributed by atoms with Crippen LogP contribution in [0.2, 0.25) is 10.0 Å². The zero-order chi connectivity index (χ0) is 32.6. The second kappa shape index (κ2) is 15.4. The molecule has 0 unspecified atom stereocenters. The molecule has 0 aromatic heterocycles. The van der Waals surface area contributed by atoms with Gasteiger partial charge >= 0.3 is 0 Å². The smallest absolute Gasteiger partial charge is 0.264 e. The number of nitrogens with zero attached hydrogens (tertiary/aromatic N) is 2. The Morgan fingerprint density at radius 3 is 2.02 bits per heavy atom. The van der Waals surface area contributed by atoms with Gasteiger partial charge in [0, 0.05) is 34.6 Å². The number of amides is 2. The van der Waals surface area contributed by atoms with Crippen LogP contribution in [-0.4, -0.2) is 43.8 Å². The van der Waals surface area contributed by atoms with Gasteiger partial charge in [0.15, 0.2) is 0 Å². The molecule has 45 heavy (non-hydrogen) atoms. The molecule has 0 aliphatic rings. The molecule has 7 nitrogen and oxygen atoms in total. The highest BCUT2D eigenvalue weighted by molar-refractivity contribution is 7.92. The van der Waals surface area contributed by atoms with E-state index in [2.05, 4.69) is 5.32 Å². The van der Waals surface area contributed by atoms with Gasteiger partial charge in [0.05, 0.1) is 10.6 Å². The van der Waals surface area contributed by atoms with Crippen molar-refractivity contribution in [3.05, 3.63) is 130 Å². The number of halogens is 3. The Balaban J connectivity index is 1.85. The van der Waals surface area contributed by atoms with Crippen molar-refractivity contribution in [1.82, 2.24) is 10.2 Å². The fraction of sp³-hybridized carbons (Fsp3) is 0.235. The molecule has 0 saturated heterocycles. The summed E-state index contributed by atoms with van der Waals surface area (Å²) in [6.45, 7) is 2.76. The second-order valence-corrected chi connectivity index (χ2v) is 13.2. The van der Waals surface area contributed by atoms with Crippen molar-refractivity contribution in [2.75, 3.05) is 10.8 Å². The van der Waals surface area contributed by atoms with Crippen molar-refractivity contribution >= 4 is 50.7 Å². The molecule has 11 heteroatoms. The van der Waals surface area contributed by atoms with E-state index in [9.17, 15) is 18.0 Å². The molecule has 0 spiro atoms. The largest absolute Gasteiger partial charge is 0.352 e. The van der Waals surface area contributed by atoms with Crippen molar-refractivity contribution in [2.24, 2.45) is 0 Å². The summed E-state index contributed by atoms with van der Waals surface area (Å²) in [6, 6.07) is 25.5. The van der Waals surface area contributed by atoms with E-state index in [1.807, 2.05) is 44.2 Å². The number of rotatable bonds is 13. The van der Waals surface area contributed by atoms with Gasteiger partial charge in [-0.2, -0.15) is 0 Å². The van der Waals surface area contributed by atoms with E-state index in [-0.39, 0.29) is 39.6 Å². The number of anilines is 1. The highest BCUT2D eigenvalue weighted by atomic mass is 35.5. The minimum Gasteiger partial charge on any atom is -0.352 e. The molecule has 4 aromatic rings. The highest BCUT2D eigenvalue weighted by Gasteiger charge is 2.36. The molecule has 2 amide bonds. The first-order chi connectivity index (χ1) is 21.5. The Bertz CT molecular complexity index is 1710. The van der Waals surface area contributed by atoms with Gasteiger partial charge in [-0.3, -0.25) is 13.9 Å². The van der Waals surface area contributed by atoms with E-state index in [1.54, 1.807) is 24.3 Å². The number of para-hydroxylation sites is 1. The van der Waals surface area contributed by atoms with Crippen LogP contribution in [0, 0.1) is 5.82 Å². The second-order valence-electron chi connectivity index (χ2n) is 10.5. The van der Waals surface area contributed by atoms with Gasteiger partial charge in [0.2, 0.25) is 11.8 Å². The lowest BCUT2D eigenvalue weighted by molar-refractivity contribution is -0.140. The summed E-state index contributed by atoms with van der Waals surface area (Å²) in [7, 11) is -4.43. The third-order valence-corrected chi connectivity index (χ3v) is 9.88. The minimum absolute atomic E-state index is 0.113. The van der Waals surface area contributed by atoms with E-state index in [1.165, 1.54) is 47.4 Å². The van der Waals surface area contributed by atoms with Crippen molar-refractivity contribution in [3.8, 4) is 0 Å². The quantitative estimate of drug-likeness (QED) is 0.168. The van der Waals surface area contributed by atoms with Gasteiger partial charge in [0.1, 0.15) is 18.4 Å². The molecule has 0 radical (unpaired) electrons. The Morgan fingerprint density at radius 2 is 1.42 bits per heavy atom. The number of sulfonamides is 1. The van der Waals surface area contributed by atoms with Gasteiger partial charge in [-0.15, -0.1) is 0 Å². The fourth-order valence-electron chi connectivity index (χ4n) is 4.74. The van der Waals surface area contributed by atoms with E-state index in [0.29, 0.717) is 12.0 Å². The molecule has 1 N–H and O–H groups in total. The molecule has 0 heterocycles. The summed E-state index contributed by atoms with van der Waals surface area (Å²) >= 11 is 13.1. The maximum absolute atomic E-state index is 15.2. The van der Waals surface area contributed by atoms with Crippen LogP contribution >= 0.6 is 23.2 Å². The molecule has 4 rings (SSSR count).